The summed E-state index contributed by atoms with van der Waals surface area (Å²) in [7, 11) is 0. The first-order valence-electron chi connectivity index (χ1n) is 7.59. The predicted octanol–water partition coefficient (Wildman–Crippen LogP) is 3.51. The van der Waals surface area contributed by atoms with Crippen molar-refractivity contribution in [3.05, 3.63) is 29.3 Å². The summed E-state index contributed by atoms with van der Waals surface area (Å²) >= 11 is 0. The van der Waals surface area contributed by atoms with E-state index in [1.54, 1.807) is 0 Å². The molecule has 0 aliphatic carbocycles. The number of nitrogens with two attached hydrogens (primary N) is 1. The number of rotatable bonds is 3. The predicted molar refractivity (Wildman–Crippen MR) is 83.7 cm³/mol. The molecular weight excluding hydrogens is 232 g/mol. The van der Waals surface area contributed by atoms with Gasteiger partial charge >= 0.3 is 0 Å². The lowest BCUT2D eigenvalue weighted by Crippen LogP contribution is -2.40. The van der Waals surface area contributed by atoms with E-state index in [9.17, 15) is 0 Å². The molecule has 2 rings (SSSR count). The highest BCUT2D eigenvalue weighted by Crippen LogP contribution is 2.29. The molecule has 2 heteroatoms. The molecule has 1 aliphatic heterocycles. The normalized spacial score (nSPS) is 25.4. The van der Waals surface area contributed by atoms with Crippen LogP contribution in [-0.2, 0) is 6.42 Å². The molecule has 0 saturated carbocycles. The van der Waals surface area contributed by atoms with E-state index < -0.39 is 0 Å². The lowest BCUT2D eigenvalue weighted by Gasteiger charge is -2.38. The molecule has 1 fully saturated rings. The fraction of sp³-hybridized carbons (Fsp3) is 0.647. The van der Waals surface area contributed by atoms with Crippen LogP contribution >= 0.6 is 0 Å². The summed E-state index contributed by atoms with van der Waals surface area (Å²) in [5.74, 6) is 0.865. The van der Waals surface area contributed by atoms with E-state index in [2.05, 4.69) is 50.8 Å². The van der Waals surface area contributed by atoms with Crippen LogP contribution in [0.1, 0.15) is 44.7 Å². The quantitative estimate of drug-likeness (QED) is 0.901. The van der Waals surface area contributed by atoms with Crippen LogP contribution in [0.4, 0.5) is 5.69 Å². The lowest BCUT2D eigenvalue weighted by atomic mass is 9.92. The van der Waals surface area contributed by atoms with Crippen molar-refractivity contribution in [2.45, 2.75) is 59.0 Å². The molecule has 2 N–H and O–H groups in total. The minimum atomic E-state index is 0.235. The van der Waals surface area contributed by atoms with Crippen LogP contribution in [0.3, 0.4) is 0 Å². The molecule has 2 nitrogen and oxygen atoms in total. The van der Waals surface area contributed by atoms with Gasteiger partial charge in [-0.2, -0.15) is 0 Å². The number of hydrogen-bond donors (Lipinski definition) is 1. The van der Waals surface area contributed by atoms with E-state index in [0.29, 0.717) is 6.04 Å². The Labute approximate surface area is 118 Å². The number of benzene rings is 1. The fourth-order valence-corrected chi connectivity index (χ4v) is 3.23. The standard InChI is InChI=1S/C17H28N2/c1-12-7-8-19(15(4)9-12)17-6-5-16(11-14(3)18)13(2)10-17/h5-6,10,12,14-15H,7-9,11,18H2,1-4H3. The molecular formula is C17H28N2. The van der Waals surface area contributed by atoms with Crippen molar-refractivity contribution in [1.82, 2.24) is 0 Å². The number of nitrogens with zero attached hydrogens (tertiary/aromatic N) is 1. The van der Waals surface area contributed by atoms with Gasteiger partial charge in [-0.3, -0.25) is 0 Å². The summed E-state index contributed by atoms with van der Waals surface area (Å²) in [4.78, 5) is 2.56. The van der Waals surface area contributed by atoms with Gasteiger partial charge in [0.2, 0.25) is 0 Å². The van der Waals surface area contributed by atoms with Crippen LogP contribution in [0.2, 0.25) is 0 Å². The Morgan fingerprint density at radius 1 is 1.37 bits per heavy atom. The first-order chi connectivity index (χ1) is 8.97. The van der Waals surface area contributed by atoms with Crippen molar-refractivity contribution in [2.75, 3.05) is 11.4 Å². The maximum Gasteiger partial charge on any atom is 0.0371 e. The van der Waals surface area contributed by atoms with Gasteiger partial charge in [0.15, 0.2) is 0 Å². The molecule has 0 aromatic heterocycles. The summed E-state index contributed by atoms with van der Waals surface area (Å²) in [5.41, 5.74) is 10.0. The van der Waals surface area contributed by atoms with Crippen molar-refractivity contribution < 1.29 is 0 Å². The van der Waals surface area contributed by atoms with Crippen molar-refractivity contribution in [2.24, 2.45) is 11.7 Å². The fourth-order valence-electron chi connectivity index (χ4n) is 3.23. The number of aryl methyl sites for hydroxylation is 1. The summed E-state index contributed by atoms with van der Waals surface area (Å²) in [6.45, 7) is 10.2. The second-order valence-electron chi connectivity index (χ2n) is 6.46. The third kappa shape index (κ3) is 3.50. The summed E-state index contributed by atoms with van der Waals surface area (Å²) in [6, 6.07) is 7.77. The van der Waals surface area contributed by atoms with Gasteiger partial charge in [-0.1, -0.05) is 13.0 Å². The Balaban J connectivity index is 2.15. The smallest absolute Gasteiger partial charge is 0.0371 e. The molecule has 3 unspecified atom stereocenters. The Kier molecular flexibility index (Phi) is 4.51. The number of anilines is 1. The Hall–Kier alpha value is -1.02. The van der Waals surface area contributed by atoms with Crippen molar-refractivity contribution in [3.8, 4) is 0 Å². The molecule has 3 atom stereocenters. The summed E-state index contributed by atoms with van der Waals surface area (Å²) < 4.78 is 0. The topological polar surface area (TPSA) is 29.3 Å². The van der Waals surface area contributed by atoms with Gasteiger partial charge in [0.25, 0.3) is 0 Å². The average molecular weight is 260 g/mol. The molecule has 0 spiro atoms. The number of hydrogen-bond acceptors (Lipinski definition) is 2. The summed E-state index contributed by atoms with van der Waals surface area (Å²) in [6.07, 6.45) is 3.59. The van der Waals surface area contributed by atoms with Crippen molar-refractivity contribution in [1.29, 1.82) is 0 Å². The van der Waals surface area contributed by atoms with Gasteiger partial charge in [0.1, 0.15) is 0 Å². The average Bonchev–Trinajstić information content (AvgIpc) is 2.31. The van der Waals surface area contributed by atoms with Crippen LogP contribution < -0.4 is 10.6 Å². The lowest BCUT2D eigenvalue weighted by molar-refractivity contribution is 0.378. The minimum absolute atomic E-state index is 0.235. The molecule has 19 heavy (non-hydrogen) atoms. The van der Waals surface area contributed by atoms with Gasteiger partial charge in [-0.25, -0.2) is 0 Å². The Bertz CT molecular complexity index is 425. The third-order valence-corrected chi connectivity index (χ3v) is 4.34. The highest BCUT2D eigenvalue weighted by atomic mass is 15.2. The van der Waals surface area contributed by atoms with Gasteiger partial charge in [0.05, 0.1) is 0 Å². The highest BCUT2D eigenvalue weighted by molar-refractivity contribution is 5.52. The molecule has 1 saturated heterocycles. The molecule has 106 valence electrons. The third-order valence-electron chi connectivity index (χ3n) is 4.34. The highest BCUT2D eigenvalue weighted by Gasteiger charge is 2.23. The summed E-state index contributed by atoms with van der Waals surface area (Å²) in [5, 5.41) is 0. The molecule has 1 heterocycles. The van der Waals surface area contributed by atoms with Crippen LogP contribution in [0, 0.1) is 12.8 Å². The molecule has 1 aromatic rings. The zero-order valence-electron chi connectivity index (χ0n) is 12.8. The molecule has 0 amide bonds. The van der Waals surface area contributed by atoms with Gasteiger partial charge in [-0.05, 0) is 69.2 Å². The van der Waals surface area contributed by atoms with E-state index in [0.717, 1.165) is 12.3 Å². The van der Waals surface area contributed by atoms with Crippen molar-refractivity contribution >= 4 is 5.69 Å². The van der Waals surface area contributed by atoms with E-state index in [1.165, 1.54) is 36.2 Å². The largest absolute Gasteiger partial charge is 0.369 e. The molecule has 0 radical (unpaired) electrons. The van der Waals surface area contributed by atoms with E-state index in [4.69, 9.17) is 5.73 Å². The molecule has 1 aliphatic rings. The zero-order chi connectivity index (χ0) is 14.0. The van der Waals surface area contributed by atoms with E-state index >= 15 is 0 Å². The maximum absolute atomic E-state index is 5.90. The first kappa shape index (κ1) is 14.4. The second kappa shape index (κ2) is 5.96. The molecule has 1 aromatic carbocycles. The van der Waals surface area contributed by atoms with Gasteiger partial charge in [0, 0.05) is 24.3 Å². The van der Waals surface area contributed by atoms with Crippen LogP contribution in [0.5, 0.6) is 0 Å². The van der Waals surface area contributed by atoms with Crippen molar-refractivity contribution in [3.63, 3.8) is 0 Å². The number of piperidine rings is 1. The Morgan fingerprint density at radius 3 is 2.68 bits per heavy atom. The Morgan fingerprint density at radius 2 is 2.11 bits per heavy atom. The SMILES string of the molecule is Cc1cc(N2CCC(C)CC2C)ccc1CC(C)N. The first-order valence-corrected chi connectivity index (χ1v) is 7.59. The zero-order valence-corrected chi connectivity index (χ0v) is 12.8. The van der Waals surface area contributed by atoms with Crippen LogP contribution in [-0.4, -0.2) is 18.6 Å². The van der Waals surface area contributed by atoms with Gasteiger partial charge in [-0.15, -0.1) is 0 Å². The molecule has 0 bridgehead atoms. The van der Waals surface area contributed by atoms with E-state index in [1.807, 2.05) is 0 Å². The minimum Gasteiger partial charge on any atom is -0.369 e. The van der Waals surface area contributed by atoms with Crippen LogP contribution in [0.15, 0.2) is 18.2 Å². The monoisotopic (exact) mass is 260 g/mol. The second-order valence-corrected chi connectivity index (χ2v) is 6.46. The van der Waals surface area contributed by atoms with E-state index in [-0.39, 0.29) is 6.04 Å². The maximum atomic E-state index is 5.90. The van der Waals surface area contributed by atoms with Gasteiger partial charge < -0.3 is 10.6 Å². The van der Waals surface area contributed by atoms with Crippen LogP contribution in [0.25, 0.3) is 0 Å².